The van der Waals surface area contributed by atoms with Crippen LogP contribution in [-0.2, 0) is 10.0 Å². The molecule has 4 aromatic rings. The molecular weight excluding hydrogens is 390 g/mol. The van der Waals surface area contributed by atoms with Crippen molar-refractivity contribution in [3.05, 3.63) is 71.9 Å². The molecule has 8 nitrogen and oxygen atoms in total. The van der Waals surface area contributed by atoms with Gasteiger partial charge in [0.1, 0.15) is 5.15 Å². The molecule has 10 heteroatoms. The van der Waals surface area contributed by atoms with Crippen LogP contribution in [0.3, 0.4) is 0 Å². The number of rotatable bonds is 4. The van der Waals surface area contributed by atoms with Gasteiger partial charge < -0.3 is 10.3 Å². The van der Waals surface area contributed by atoms with Crippen molar-refractivity contribution in [1.82, 2.24) is 19.2 Å². The van der Waals surface area contributed by atoms with E-state index < -0.39 is 15.9 Å². The number of H-pyrrole nitrogens is 1. The van der Waals surface area contributed by atoms with Gasteiger partial charge in [-0.1, -0.05) is 11.6 Å². The number of fused-ring (bicyclic) bond motifs is 1. The largest absolute Gasteiger partial charge is 0.361 e. The third-order valence-corrected chi connectivity index (χ3v) is 5.62. The summed E-state index contributed by atoms with van der Waals surface area (Å²) in [6.07, 6.45) is 4.34. The SMILES string of the molecule is O=C(Nc1ccc(Cl)nc1)c1ccn(S(=O)(=O)c2ccc3[nH]ccc3c2)n1. The Bertz CT molecular complexity index is 1250. The number of aromatic amines is 1. The van der Waals surface area contributed by atoms with Crippen molar-refractivity contribution in [2.45, 2.75) is 4.90 Å². The molecule has 27 heavy (non-hydrogen) atoms. The van der Waals surface area contributed by atoms with Gasteiger partial charge in [0.05, 0.1) is 16.8 Å². The molecular formula is C17H12ClN5O3S. The molecule has 0 unspecified atom stereocenters. The highest BCUT2D eigenvalue weighted by molar-refractivity contribution is 7.89. The number of benzene rings is 1. The maximum absolute atomic E-state index is 12.8. The highest BCUT2D eigenvalue weighted by Gasteiger charge is 2.20. The van der Waals surface area contributed by atoms with E-state index in [0.29, 0.717) is 10.8 Å². The average molecular weight is 402 g/mol. The molecule has 0 saturated heterocycles. The van der Waals surface area contributed by atoms with Gasteiger partial charge in [0.2, 0.25) is 0 Å². The summed E-state index contributed by atoms with van der Waals surface area (Å²) in [5.41, 5.74) is 1.20. The second-order valence-electron chi connectivity index (χ2n) is 5.63. The quantitative estimate of drug-likeness (QED) is 0.511. The monoisotopic (exact) mass is 401 g/mol. The van der Waals surface area contributed by atoms with Crippen molar-refractivity contribution in [1.29, 1.82) is 0 Å². The standard InChI is InChI=1S/C17H12ClN5O3S/c18-16-4-1-12(10-20-16)21-17(24)15-6-8-23(22-15)27(25,26)13-2-3-14-11(9-13)5-7-19-14/h1-10,19H,(H,21,24). The molecule has 2 N–H and O–H groups in total. The molecule has 0 radical (unpaired) electrons. The molecule has 3 heterocycles. The zero-order valence-electron chi connectivity index (χ0n) is 13.6. The van der Waals surface area contributed by atoms with Crippen LogP contribution in [0.2, 0.25) is 5.15 Å². The molecule has 0 aliphatic carbocycles. The summed E-state index contributed by atoms with van der Waals surface area (Å²) < 4.78 is 26.3. The average Bonchev–Trinajstić information content (AvgIpc) is 3.32. The van der Waals surface area contributed by atoms with Crippen molar-refractivity contribution in [3.8, 4) is 0 Å². The number of nitrogens with zero attached hydrogens (tertiary/aromatic N) is 3. The number of pyridine rings is 1. The first kappa shape index (κ1) is 17.3. The smallest absolute Gasteiger partial charge is 0.282 e. The van der Waals surface area contributed by atoms with Crippen LogP contribution in [0.4, 0.5) is 5.69 Å². The topological polar surface area (TPSA) is 110 Å². The van der Waals surface area contributed by atoms with E-state index >= 15 is 0 Å². The molecule has 0 bridgehead atoms. The van der Waals surface area contributed by atoms with E-state index in [9.17, 15) is 13.2 Å². The summed E-state index contributed by atoms with van der Waals surface area (Å²) in [4.78, 5) is 19.2. The summed E-state index contributed by atoms with van der Waals surface area (Å²) in [5, 5.41) is 7.53. The van der Waals surface area contributed by atoms with Gasteiger partial charge in [-0.05, 0) is 42.5 Å². The minimum Gasteiger partial charge on any atom is -0.361 e. The van der Waals surface area contributed by atoms with Crippen molar-refractivity contribution >= 4 is 44.1 Å². The van der Waals surface area contributed by atoms with Gasteiger partial charge in [-0.15, -0.1) is 0 Å². The maximum Gasteiger partial charge on any atom is 0.282 e. The minimum atomic E-state index is -3.92. The van der Waals surface area contributed by atoms with E-state index in [1.807, 2.05) is 0 Å². The molecule has 0 saturated carbocycles. The summed E-state index contributed by atoms with van der Waals surface area (Å²) in [6, 6.07) is 10.9. The molecule has 0 aliphatic rings. The van der Waals surface area contributed by atoms with Gasteiger partial charge in [-0.3, -0.25) is 4.79 Å². The fourth-order valence-corrected chi connectivity index (χ4v) is 3.77. The molecule has 4 rings (SSSR count). The summed E-state index contributed by atoms with van der Waals surface area (Å²) in [7, 11) is -3.92. The van der Waals surface area contributed by atoms with E-state index in [-0.39, 0.29) is 10.6 Å². The van der Waals surface area contributed by atoms with Gasteiger partial charge in [-0.2, -0.15) is 17.6 Å². The zero-order valence-corrected chi connectivity index (χ0v) is 15.2. The molecule has 0 atom stereocenters. The fraction of sp³-hybridized carbons (Fsp3) is 0. The second-order valence-corrected chi connectivity index (χ2v) is 7.81. The number of hydrogen-bond donors (Lipinski definition) is 2. The Kier molecular flexibility index (Phi) is 4.17. The Hall–Kier alpha value is -3.17. The van der Waals surface area contributed by atoms with E-state index in [4.69, 9.17) is 11.6 Å². The Labute approximate surface area is 158 Å². The maximum atomic E-state index is 12.8. The lowest BCUT2D eigenvalue weighted by Crippen LogP contribution is -2.17. The Morgan fingerprint density at radius 3 is 2.78 bits per heavy atom. The van der Waals surface area contributed by atoms with E-state index in [0.717, 1.165) is 15.0 Å². The Balaban J connectivity index is 1.60. The number of carbonyl (C=O) groups excluding carboxylic acids is 1. The van der Waals surface area contributed by atoms with Gasteiger partial charge in [0, 0.05) is 23.3 Å². The first-order valence-electron chi connectivity index (χ1n) is 7.75. The minimum absolute atomic E-state index is 0.0451. The van der Waals surface area contributed by atoms with Gasteiger partial charge in [0.15, 0.2) is 5.69 Å². The number of nitrogens with one attached hydrogen (secondary N) is 2. The Morgan fingerprint density at radius 1 is 1.15 bits per heavy atom. The normalized spacial score (nSPS) is 11.6. The van der Waals surface area contributed by atoms with Crippen LogP contribution in [0.15, 0.2) is 66.0 Å². The van der Waals surface area contributed by atoms with Crippen LogP contribution in [0, 0.1) is 0 Å². The van der Waals surface area contributed by atoms with Crippen LogP contribution in [0.5, 0.6) is 0 Å². The number of aromatic nitrogens is 4. The highest BCUT2D eigenvalue weighted by Crippen LogP contribution is 2.20. The van der Waals surface area contributed by atoms with Gasteiger partial charge in [-0.25, -0.2) is 4.98 Å². The Morgan fingerprint density at radius 2 is 2.00 bits per heavy atom. The van der Waals surface area contributed by atoms with Gasteiger partial charge in [0.25, 0.3) is 15.9 Å². The third-order valence-electron chi connectivity index (χ3n) is 3.85. The highest BCUT2D eigenvalue weighted by atomic mass is 35.5. The van der Waals surface area contributed by atoms with Crippen LogP contribution in [0.25, 0.3) is 10.9 Å². The molecule has 0 aliphatic heterocycles. The lowest BCUT2D eigenvalue weighted by Gasteiger charge is -2.05. The molecule has 0 spiro atoms. The van der Waals surface area contributed by atoms with E-state index in [2.05, 4.69) is 20.4 Å². The van der Waals surface area contributed by atoms with Crippen molar-refractivity contribution in [2.24, 2.45) is 0 Å². The van der Waals surface area contributed by atoms with E-state index in [1.54, 1.807) is 30.5 Å². The lowest BCUT2D eigenvalue weighted by molar-refractivity contribution is 0.102. The van der Waals surface area contributed by atoms with Gasteiger partial charge >= 0.3 is 0 Å². The number of anilines is 1. The lowest BCUT2D eigenvalue weighted by atomic mass is 10.2. The summed E-state index contributed by atoms with van der Waals surface area (Å²) >= 11 is 5.70. The van der Waals surface area contributed by atoms with Crippen molar-refractivity contribution in [3.63, 3.8) is 0 Å². The number of halogens is 1. The number of carbonyl (C=O) groups is 1. The van der Waals surface area contributed by atoms with Crippen LogP contribution >= 0.6 is 11.6 Å². The first-order chi connectivity index (χ1) is 12.9. The van der Waals surface area contributed by atoms with Crippen LogP contribution < -0.4 is 5.32 Å². The van der Waals surface area contributed by atoms with Crippen molar-refractivity contribution in [2.75, 3.05) is 5.32 Å². The third kappa shape index (κ3) is 3.29. The predicted molar refractivity (Wildman–Crippen MR) is 100 cm³/mol. The van der Waals surface area contributed by atoms with Crippen LogP contribution in [-0.4, -0.2) is 33.5 Å². The van der Waals surface area contributed by atoms with Crippen LogP contribution in [0.1, 0.15) is 10.5 Å². The molecule has 0 fully saturated rings. The summed E-state index contributed by atoms with van der Waals surface area (Å²) in [6.45, 7) is 0. The molecule has 1 aromatic carbocycles. The predicted octanol–water partition coefficient (Wildman–Crippen LogP) is 2.90. The molecule has 1 amide bonds. The second kappa shape index (κ2) is 6.53. The first-order valence-corrected chi connectivity index (χ1v) is 9.56. The number of amides is 1. The van der Waals surface area contributed by atoms with E-state index in [1.165, 1.54) is 30.6 Å². The zero-order chi connectivity index (χ0) is 19.0. The fourth-order valence-electron chi connectivity index (χ4n) is 2.51. The molecule has 3 aromatic heterocycles. The van der Waals surface area contributed by atoms with Crippen molar-refractivity contribution < 1.29 is 13.2 Å². The number of hydrogen-bond acceptors (Lipinski definition) is 5. The molecule has 136 valence electrons. The summed E-state index contributed by atoms with van der Waals surface area (Å²) in [5.74, 6) is -0.561.